The van der Waals surface area contributed by atoms with Crippen molar-refractivity contribution in [2.45, 2.75) is 18.4 Å². The summed E-state index contributed by atoms with van der Waals surface area (Å²) >= 11 is 0. The maximum absolute atomic E-state index is 13.6. The minimum atomic E-state index is -0.852. The molecule has 0 radical (unpaired) electrons. The number of rotatable bonds is 1. The summed E-state index contributed by atoms with van der Waals surface area (Å²) in [6.45, 7) is 0. The molecule has 0 aromatic heterocycles. The third kappa shape index (κ3) is 1.52. The van der Waals surface area contributed by atoms with Crippen LogP contribution in [0.4, 0.5) is 14.5 Å². The molecule has 1 saturated carbocycles. The van der Waals surface area contributed by atoms with Crippen LogP contribution in [0.1, 0.15) is 17.9 Å². The number of halogens is 2. The lowest BCUT2D eigenvalue weighted by Gasteiger charge is -2.10. The summed E-state index contributed by atoms with van der Waals surface area (Å²) in [7, 11) is 0. The highest BCUT2D eigenvalue weighted by Crippen LogP contribution is 2.54. The first-order valence-electron chi connectivity index (χ1n) is 5.46. The van der Waals surface area contributed by atoms with Gasteiger partial charge in [-0.15, -0.1) is 0 Å². The summed E-state index contributed by atoms with van der Waals surface area (Å²) in [6, 6.07) is 1.10. The highest BCUT2D eigenvalue weighted by atomic mass is 19.1. The quantitative estimate of drug-likeness (QED) is 0.464. The van der Waals surface area contributed by atoms with Gasteiger partial charge in [0.15, 0.2) is 0 Å². The van der Waals surface area contributed by atoms with Gasteiger partial charge >= 0.3 is 0 Å². The normalized spacial score (nSPS) is 28.3. The van der Waals surface area contributed by atoms with Crippen LogP contribution in [0.15, 0.2) is 17.2 Å². The van der Waals surface area contributed by atoms with E-state index >= 15 is 0 Å². The number of benzene rings is 1. The molecule has 1 aromatic carbocycles. The number of nitrogens with one attached hydrogen (secondary N) is 1. The summed E-state index contributed by atoms with van der Waals surface area (Å²) in [4.78, 5) is 14.4. The van der Waals surface area contributed by atoms with Gasteiger partial charge in [0.05, 0.1) is 5.69 Å². The number of azide groups is 1. The predicted octanol–water partition coefficient (Wildman–Crippen LogP) is 2.70. The fourth-order valence-corrected chi connectivity index (χ4v) is 2.52. The van der Waals surface area contributed by atoms with Crippen molar-refractivity contribution in [2.75, 3.05) is 5.32 Å². The standard InChI is InChI=1S/C11H8F2N4O/c12-4-1-6-5-3-7(5)10(16-17-14)11(18)15-9(6)8(13)2-4/h1-2,5,7,10H,3H2,(H,15,18). The van der Waals surface area contributed by atoms with Gasteiger partial charge in [-0.05, 0) is 35.4 Å². The zero-order valence-corrected chi connectivity index (χ0v) is 9.10. The lowest BCUT2D eigenvalue weighted by atomic mass is 10.1. The molecule has 1 aliphatic heterocycles. The maximum atomic E-state index is 13.6. The lowest BCUT2D eigenvalue weighted by molar-refractivity contribution is -0.117. The Balaban J connectivity index is 2.10. The van der Waals surface area contributed by atoms with E-state index in [1.807, 2.05) is 0 Å². The van der Waals surface area contributed by atoms with Crippen molar-refractivity contribution in [1.29, 1.82) is 0 Å². The second kappa shape index (κ2) is 3.68. The number of carbonyl (C=O) groups excluding carboxylic acids is 1. The number of carbonyl (C=O) groups is 1. The molecular formula is C11H8F2N4O. The van der Waals surface area contributed by atoms with Crippen LogP contribution in [0.25, 0.3) is 10.4 Å². The summed E-state index contributed by atoms with van der Waals surface area (Å²) in [6.07, 6.45) is 0.604. The van der Waals surface area contributed by atoms with E-state index in [1.54, 1.807) is 0 Å². The number of fused-ring (bicyclic) bond motifs is 3. The summed E-state index contributed by atoms with van der Waals surface area (Å²) in [5.74, 6) is -2.30. The first kappa shape index (κ1) is 11.0. The van der Waals surface area contributed by atoms with Gasteiger partial charge in [0.1, 0.15) is 17.7 Å². The van der Waals surface area contributed by atoms with E-state index in [2.05, 4.69) is 15.3 Å². The highest BCUT2D eigenvalue weighted by molar-refractivity contribution is 5.97. The molecular weight excluding hydrogens is 242 g/mol. The van der Waals surface area contributed by atoms with Crippen molar-refractivity contribution >= 4 is 11.6 Å². The van der Waals surface area contributed by atoms with Crippen molar-refractivity contribution in [1.82, 2.24) is 0 Å². The zero-order chi connectivity index (χ0) is 12.9. The molecule has 1 fully saturated rings. The Bertz CT molecular complexity index is 597. The Labute approximate surface area is 100 Å². The molecule has 3 atom stereocenters. The Kier molecular flexibility index (Phi) is 2.24. The maximum Gasteiger partial charge on any atom is 0.233 e. The Hall–Kier alpha value is -2.14. The number of nitrogens with zero attached hydrogens (tertiary/aromatic N) is 3. The monoisotopic (exact) mass is 250 g/mol. The highest BCUT2D eigenvalue weighted by Gasteiger charge is 2.50. The number of amides is 1. The number of anilines is 1. The van der Waals surface area contributed by atoms with Crippen LogP contribution in [0.3, 0.4) is 0 Å². The molecule has 2 aliphatic rings. The molecule has 1 heterocycles. The zero-order valence-electron chi connectivity index (χ0n) is 9.10. The summed E-state index contributed by atoms with van der Waals surface area (Å²) < 4.78 is 26.8. The van der Waals surface area contributed by atoms with Crippen LogP contribution in [0.5, 0.6) is 0 Å². The Morgan fingerprint density at radius 1 is 1.44 bits per heavy atom. The molecule has 0 saturated heterocycles. The molecule has 92 valence electrons. The van der Waals surface area contributed by atoms with Gasteiger partial charge in [-0.3, -0.25) is 4.79 Å². The Morgan fingerprint density at radius 2 is 2.22 bits per heavy atom. The van der Waals surface area contributed by atoms with Gasteiger partial charge in [-0.2, -0.15) is 0 Å². The average Bonchev–Trinajstić information content (AvgIpc) is 3.08. The molecule has 0 bridgehead atoms. The molecule has 5 nitrogen and oxygen atoms in total. The Morgan fingerprint density at radius 3 is 2.94 bits per heavy atom. The molecule has 1 aliphatic carbocycles. The second-order valence-electron chi connectivity index (χ2n) is 4.50. The van der Waals surface area contributed by atoms with E-state index in [-0.39, 0.29) is 17.5 Å². The molecule has 1 N–H and O–H groups in total. The van der Waals surface area contributed by atoms with Gasteiger partial charge in [-0.1, -0.05) is 5.11 Å². The molecule has 18 heavy (non-hydrogen) atoms. The topological polar surface area (TPSA) is 77.9 Å². The van der Waals surface area contributed by atoms with Crippen molar-refractivity contribution in [3.63, 3.8) is 0 Å². The van der Waals surface area contributed by atoms with Crippen LogP contribution < -0.4 is 5.32 Å². The average molecular weight is 250 g/mol. The van der Waals surface area contributed by atoms with Crippen LogP contribution in [0.2, 0.25) is 0 Å². The first-order valence-corrected chi connectivity index (χ1v) is 5.46. The van der Waals surface area contributed by atoms with E-state index in [1.165, 1.54) is 6.07 Å². The van der Waals surface area contributed by atoms with Crippen LogP contribution in [0, 0.1) is 17.6 Å². The first-order chi connectivity index (χ1) is 8.61. The van der Waals surface area contributed by atoms with E-state index in [0.717, 1.165) is 6.07 Å². The molecule has 1 aromatic rings. The van der Waals surface area contributed by atoms with Gasteiger partial charge in [0, 0.05) is 11.0 Å². The van der Waals surface area contributed by atoms with E-state index in [4.69, 9.17) is 5.53 Å². The smallest absolute Gasteiger partial charge is 0.233 e. The van der Waals surface area contributed by atoms with Gasteiger partial charge in [0.25, 0.3) is 0 Å². The van der Waals surface area contributed by atoms with Gasteiger partial charge < -0.3 is 5.32 Å². The van der Waals surface area contributed by atoms with Crippen LogP contribution in [-0.4, -0.2) is 11.9 Å². The van der Waals surface area contributed by atoms with Gasteiger partial charge in [-0.25, -0.2) is 8.78 Å². The molecule has 7 heteroatoms. The molecule has 3 rings (SSSR count). The molecule has 0 spiro atoms. The van der Waals surface area contributed by atoms with E-state index in [9.17, 15) is 13.6 Å². The predicted molar refractivity (Wildman–Crippen MR) is 58.8 cm³/mol. The molecule has 3 unspecified atom stereocenters. The number of hydrogen-bond donors (Lipinski definition) is 1. The number of hydrogen-bond acceptors (Lipinski definition) is 2. The van der Waals surface area contributed by atoms with Crippen molar-refractivity contribution in [2.24, 2.45) is 11.0 Å². The van der Waals surface area contributed by atoms with Crippen molar-refractivity contribution in [3.8, 4) is 0 Å². The second-order valence-corrected chi connectivity index (χ2v) is 4.50. The fraction of sp³-hybridized carbons (Fsp3) is 0.364. The fourth-order valence-electron chi connectivity index (χ4n) is 2.52. The lowest BCUT2D eigenvalue weighted by Crippen LogP contribution is -2.27. The third-order valence-electron chi connectivity index (χ3n) is 3.42. The van der Waals surface area contributed by atoms with E-state index in [0.29, 0.717) is 12.0 Å². The minimum absolute atomic E-state index is 0.00420. The van der Waals surface area contributed by atoms with Crippen molar-refractivity contribution < 1.29 is 13.6 Å². The van der Waals surface area contributed by atoms with E-state index < -0.39 is 23.6 Å². The third-order valence-corrected chi connectivity index (χ3v) is 3.42. The largest absolute Gasteiger partial charge is 0.323 e. The van der Waals surface area contributed by atoms with Crippen LogP contribution in [-0.2, 0) is 4.79 Å². The van der Waals surface area contributed by atoms with Crippen molar-refractivity contribution in [3.05, 3.63) is 39.8 Å². The summed E-state index contributed by atoms with van der Waals surface area (Å²) in [5.41, 5.74) is 8.87. The van der Waals surface area contributed by atoms with Crippen LogP contribution >= 0.6 is 0 Å². The molecule has 1 amide bonds. The minimum Gasteiger partial charge on any atom is -0.323 e. The SMILES string of the molecule is [N-]=[N+]=NC1C(=O)Nc2c(F)cc(F)cc2C2CC12. The summed E-state index contributed by atoms with van der Waals surface area (Å²) in [5, 5.41) is 5.80. The van der Waals surface area contributed by atoms with Gasteiger partial charge in [0.2, 0.25) is 5.91 Å².